The number of benzene rings is 1. The van der Waals surface area contributed by atoms with Gasteiger partial charge < -0.3 is 5.73 Å². The van der Waals surface area contributed by atoms with Crippen molar-refractivity contribution in [1.29, 1.82) is 0 Å². The van der Waals surface area contributed by atoms with Crippen LogP contribution in [0.3, 0.4) is 0 Å². The van der Waals surface area contributed by atoms with E-state index in [0.29, 0.717) is 5.15 Å². The van der Waals surface area contributed by atoms with Crippen molar-refractivity contribution in [3.8, 4) is 0 Å². The Morgan fingerprint density at radius 2 is 1.83 bits per heavy atom. The van der Waals surface area contributed by atoms with Crippen LogP contribution in [0.25, 0.3) is 10.9 Å². The molecule has 0 amide bonds. The summed E-state index contributed by atoms with van der Waals surface area (Å²) >= 11 is 6.21. The van der Waals surface area contributed by atoms with E-state index in [4.69, 9.17) is 17.3 Å². The lowest BCUT2D eigenvalue weighted by atomic mass is 9.83. The number of pyridine rings is 1. The number of fused-ring (bicyclic) bond motifs is 1. The molecule has 0 aliphatic rings. The van der Waals surface area contributed by atoms with Gasteiger partial charge in [0, 0.05) is 17.0 Å². The molecule has 2 N–H and O–H groups in total. The molecule has 0 saturated carbocycles. The first-order chi connectivity index (χ1) is 7.89. The fourth-order valence-corrected chi connectivity index (χ4v) is 2.06. The molecule has 1 heterocycles. The van der Waals surface area contributed by atoms with Crippen molar-refractivity contribution in [2.45, 2.75) is 26.8 Å². The van der Waals surface area contributed by atoms with Gasteiger partial charge in [-0.15, -0.1) is 12.4 Å². The van der Waals surface area contributed by atoms with Crippen LogP contribution < -0.4 is 5.73 Å². The number of halogens is 2. The van der Waals surface area contributed by atoms with Crippen LogP contribution in [-0.4, -0.2) is 4.98 Å². The molecule has 1 aromatic carbocycles. The van der Waals surface area contributed by atoms with Crippen LogP contribution in [0.1, 0.15) is 32.4 Å². The molecule has 0 spiro atoms. The van der Waals surface area contributed by atoms with Crippen molar-refractivity contribution in [2.24, 2.45) is 11.1 Å². The number of rotatable bonds is 1. The molecule has 1 aromatic heterocycles. The molecule has 2 nitrogen and oxygen atoms in total. The molecule has 0 aliphatic heterocycles. The lowest BCUT2D eigenvalue weighted by Gasteiger charge is -2.28. The van der Waals surface area contributed by atoms with Gasteiger partial charge >= 0.3 is 0 Å². The molecule has 0 fully saturated rings. The number of hydrogen-bond acceptors (Lipinski definition) is 2. The number of aromatic nitrogens is 1. The van der Waals surface area contributed by atoms with Gasteiger partial charge in [0.1, 0.15) is 5.15 Å². The molecule has 0 radical (unpaired) electrons. The molecule has 0 unspecified atom stereocenters. The highest BCUT2D eigenvalue weighted by molar-refractivity contribution is 6.30. The third-order valence-electron chi connectivity index (χ3n) is 2.97. The summed E-state index contributed by atoms with van der Waals surface area (Å²) in [7, 11) is 0. The highest BCUT2D eigenvalue weighted by Crippen LogP contribution is 2.34. The molecule has 18 heavy (non-hydrogen) atoms. The van der Waals surface area contributed by atoms with Crippen LogP contribution in [0, 0.1) is 5.41 Å². The summed E-state index contributed by atoms with van der Waals surface area (Å²) in [6.07, 6.45) is 0. The van der Waals surface area contributed by atoms with Crippen molar-refractivity contribution in [1.82, 2.24) is 4.98 Å². The smallest absolute Gasteiger partial charge is 0.134 e. The quantitative estimate of drug-likeness (QED) is 0.791. The molecule has 4 heteroatoms. The van der Waals surface area contributed by atoms with Gasteiger partial charge in [-0.1, -0.05) is 50.6 Å². The Balaban J connectivity index is 0.00000162. The SMILES string of the molecule is CC(C)(C)[C@H](N)c1cc2ccccc2nc1Cl.Cl. The maximum atomic E-state index is 6.24. The van der Waals surface area contributed by atoms with E-state index in [-0.39, 0.29) is 23.9 Å². The fourth-order valence-electron chi connectivity index (χ4n) is 1.79. The van der Waals surface area contributed by atoms with Crippen LogP contribution in [-0.2, 0) is 0 Å². The molecule has 0 aliphatic carbocycles. The van der Waals surface area contributed by atoms with E-state index >= 15 is 0 Å². The summed E-state index contributed by atoms with van der Waals surface area (Å²) in [5.74, 6) is 0. The van der Waals surface area contributed by atoms with Gasteiger partial charge in [-0.3, -0.25) is 0 Å². The first-order valence-corrected chi connectivity index (χ1v) is 6.08. The van der Waals surface area contributed by atoms with E-state index in [1.165, 1.54) is 0 Å². The number of nitrogens with zero attached hydrogens (tertiary/aromatic N) is 1. The fraction of sp³-hybridized carbons (Fsp3) is 0.357. The minimum Gasteiger partial charge on any atom is -0.323 e. The summed E-state index contributed by atoms with van der Waals surface area (Å²) in [6.45, 7) is 6.30. The average molecular weight is 285 g/mol. The second-order valence-electron chi connectivity index (χ2n) is 5.40. The van der Waals surface area contributed by atoms with Crippen molar-refractivity contribution in [3.05, 3.63) is 41.0 Å². The molecular weight excluding hydrogens is 267 g/mol. The third-order valence-corrected chi connectivity index (χ3v) is 3.28. The summed E-state index contributed by atoms with van der Waals surface area (Å²) in [5.41, 5.74) is 8.03. The minimum atomic E-state index is -0.118. The highest BCUT2D eigenvalue weighted by atomic mass is 35.5. The summed E-state index contributed by atoms with van der Waals surface area (Å²) in [5, 5.41) is 1.58. The maximum absolute atomic E-state index is 6.24. The van der Waals surface area contributed by atoms with Crippen molar-refractivity contribution in [2.75, 3.05) is 0 Å². The van der Waals surface area contributed by atoms with Crippen molar-refractivity contribution in [3.63, 3.8) is 0 Å². The molecule has 1 atom stereocenters. The normalized spacial score (nSPS) is 13.2. The Kier molecular flexibility index (Phi) is 4.60. The number of hydrogen-bond donors (Lipinski definition) is 1. The van der Waals surface area contributed by atoms with Gasteiger partial charge in [-0.2, -0.15) is 0 Å². The van der Waals surface area contributed by atoms with Gasteiger partial charge in [0.25, 0.3) is 0 Å². The topological polar surface area (TPSA) is 38.9 Å². The minimum absolute atomic E-state index is 0. The first kappa shape index (κ1) is 15.2. The van der Waals surface area contributed by atoms with Crippen LogP contribution in [0.4, 0.5) is 0 Å². The molecule has 2 aromatic rings. The number of nitrogens with two attached hydrogens (primary N) is 1. The van der Waals surface area contributed by atoms with Crippen LogP contribution in [0.2, 0.25) is 5.15 Å². The summed E-state index contributed by atoms with van der Waals surface area (Å²) < 4.78 is 0. The Hall–Kier alpha value is -0.830. The van der Waals surface area contributed by atoms with Crippen molar-refractivity contribution < 1.29 is 0 Å². The second kappa shape index (κ2) is 5.43. The lowest BCUT2D eigenvalue weighted by molar-refractivity contribution is 0.327. The summed E-state index contributed by atoms with van der Waals surface area (Å²) in [6, 6.07) is 9.84. The standard InChI is InChI=1S/C14H17ClN2.ClH/c1-14(2,3)12(16)10-8-9-6-4-5-7-11(9)17-13(10)15;/h4-8,12H,16H2,1-3H3;1H/t12-;/m1./s1. The number of para-hydroxylation sites is 1. The predicted molar refractivity (Wildman–Crippen MR) is 80.4 cm³/mol. The largest absolute Gasteiger partial charge is 0.323 e. The lowest BCUT2D eigenvalue weighted by Crippen LogP contribution is -2.26. The van der Waals surface area contributed by atoms with Crippen LogP contribution >= 0.6 is 24.0 Å². The van der Waals surface area contributed by atoms with Gasteiger partial charge in [0.05, 0.1) is 5.52 Å². The van der Waals surface area contributed by atoms with Gasteiger partial charge in [-0.05, 0) is 17.5 Å². The average Bonchev–Trinajstić information content (AvgIpc) is 2.26. The van der Waals surface area contributed by atoms with E-state index in [9.17, 15) is 0 Å². The molecule has 0 saturated heterocycles. The first-order valence-electron chi connectivity index (χ1n) is 5.70. The molecular formula is C14H18Cl2N2. The maximum Gasteiger partial charge on any atom is 0.134 e. The van der Waals surface area contributed by atoms with Gasteiger partial charge in [-0.25, -0.2) is 4.98 Å². The highest BCUT2D eigenvalue weighted by Gasteiger charge is 2.25. The second-order valence-corrected chi connectivity index (χ2v) is 5.76. The Morgan fingerprint density at radius 1 is 1.22 bits per heavy atom. The third kappa shape index (κ3) is 2.94. The zero-order chi connectivity index (χ0) is 12.6. The molecule has 98 valence electrons. The van der Waals surface area contributed by atoms with E-state index in [0.717, 1.165) is 16.5 Å². The van der Waals surface area contributed by atoms with E-state index in [1.807, 2.05) is 30.3 Å². The monoisotopic (exact) mass is 284 g/mol. The van der Waals surface area contributed by atoms with Gasteiger partial charge in [0.2, 0.25) is 0 Å². The Labute approximate surface area is 119 Å². The predicted octanol–water partition coefficient (Wildman–Crippen LogP) is 4.36. The Morgan fingerprint density at radius 3 is 2.44 bits per heavy atom. The summed E-state index contributed by atoms with van der Waals surface area (Å²) in [4.78, 5) is 4.40. The Bertz CT molecular complexity index is 547. The van der Waals surface area contributed by atoms with Crippen LogP contribution in [0.5, 0.6) is 0 Å². The van der Waals surface area contributed by atoms with Crippen LogP contribution in [0.15, 0.2) is 30.3 Å². The van der Waals surface area contributed by atoms with E-state index in [1.54, 1.807) is 0 Å². The zero-order valence-corrected chi connectivity index (χ0v) is 12.3. The van der Waals surface area contributed by atoms with E-state index in [2.05, 4.69) is 25.8 Å². The molecule has 0 bridgehead atoms. The van der Waals surface area contributed by atoms with Gasteiger partial charge in [0.15, 0.2) is 0 Å². The molecule has 2 rings (SSSR count). The van der Waals surface area contributed by atoms with E-state index < -0.39 is 0 Å². The zero-order valence-electron chi connectivity index (χ0n) is 10.8. The van der Waals surface area contributed by atoms with Crippen molar-refractivity contribution >= 4 is 34.9 Å².